The number of nitrogens with one attached hydrogen (secondary N) is 1. The van der Waals surface area contributed by atoms with Gasteiger partial charge < -0.3 is 5.32 Å². The highest BCUT2D eigenvalue weighted by Gasteiger charge is 2.09. The number of hydrogen-bond acceptors (Lipinski definition) is 3. The van der Waals surface area contributed by atoms with Gasteiger partial charge in [0.2, 0.25) is 0 Å². The third kappa shape index (κ3) is 2.47. The van der Waals surface area contributed by atoms with Crippen LogP contribution in [0.3, 0.4) is 0 Å². The first-order valence-corrected chi connectivity index (χ1v) is 7.27. The molecule has 0 radical (unpaired) electrons. The van der Waals surface area contributed by atoms with E-state index in [9.17, 15) is 0 Å². The standard InChI is InChI=1S/C18H19N3/c1-4-13-8-10-14(11-9-13)17-20-16-12(2)6-5-7-15(16)18(19-3)21-17/h5-11H,4H2,1-3H3,(H,19,20,21). The normalized spacial score (nSPS) is 10.8. The topological polar surface area (TPSA) is 37.8 Å². The van der Waals surface area contributed by atoms with Gasteiger partial charge in [-0.25, -0.2) is 9.97 Å². The molecule has 0 fully saturated rings. The smallest absolute Gasteiger partial charge is 0.162 e. The minimum Gasteiger partial charge on any atom is -0.373 e. The second-order valence-corrected chi connectivity index (χ2v) is 5.17. The van der Waals surface area contributed by atoms with Crippen molar-refractivity contribution in [1.29, 1.82) is 0 Å². The van der Waals surface area contributed by atoms with Gasteiger partial charge in [0.05, 0.1) is 5.52 Å². The van der Waals surface area contributed by atoms with Crippen molar-refractivity contribution in [3.8, 4) is 11.4 Å². The van der Waals surface area contributed by atoms with E-state index in [0.29, 0.717) is 0 Å². The van der Waals surface area contributed by atoms with Gasteiger partial charge in [-0.15, -0.1) is 0 Å². The molecule has 1 heterocycles. The number of nitrogens with zero attached hydrogens (tertiary/aromatic N) is 2. The van der Waals surface area contributed by atoms with Crippen molar-refractivity contribution in [2.24, 2.45) is 0 Å². The predicted octanol–water partition coefficient (Wildman–Crippen LogP) is 4.21. The van der Waals surface area contributed by atoms with E-state index in [-0.39, 0.29) is 0 Å². The van der Waals surface area contributed by atoms with Gasteiger partial charge in [0.15, 0.2) is 5.82 Å². The summed E-state index contributed by atoms with van der Waals surface area (Å²) >= 11 is 0. The van der Waals surface area contributed by atoms with Crippen LogP contribution in [0.15, 0.2) is 42.5 Å². The molecule has 0 spiro atoms. The number of hydrogen-bond donors (Lipinski definition) is 1. The third-order valence-electron chi connectivity index (χ3n) is 3.79. The first kappa shape index (κ1) is 13.6. The molecule has 0 bridgehead atoms. The lowest BCUT2D eigenvalue weighted by molar-refractivity contribution is 1.14. The zero-order valence-electron chi connectivity index (χ0n) is 12.6. The van der Waals surface area contributed by atoms with Crippen LogP contribution < -0.4 is 5.32 Å². The molecular formula is C18H19N3. The van der Waals surface area contributed by atoms with Crippen molar-refractivity contribution >= 4 is 16.7 Å². The molecule has 0 aliphatic heterocycles. The number of benzene rings is 2. The third-order valence-corrected chi connectivity index (χ3v) is 3.79. The van der Waals surface area contributed by atoms with E-state index in [2.05, 4.69) is 60.5 Å². The Bertz CT molecular complexity index is 776. The quantitative estimate of drug-likeness (QED) is 0.779. The summed E-state index contributed by atoms with van der Waals surface area (Å²) in [4.78, 5) is 9.42. The summed E-state index contributed by atoms with van der Waals surface area (Å²) in [6.45, 7) is 4.24. The maximum atomic E-state index is 4.76. The largest absolute Gasteiger partial charge is 0.373 e. The minimum absolute atomic E-state index is 0.767. The molecule has 3 heteroatoms. The summed E-state index contributed by atoms with van der Waals surface area (Å²) in [5.74, 6) is 1.64. The second kappa shape index (κ2) is 5.52. The highest BCUT2D eigenvalue weighted by atomic mass is 15.0. The fourth-order valence-electron chi connectivity index (χ4n) is 2.50. The van der Waals surface area contributed by atoms with Crippen LogP contribution in [0.5, 0.6) is 0 Å². The molecule has 0 saturated heterocycles. The van der Waals surface area contributed by atoms with E-state index in [1.165, 1.54) is 5.56 Å². The van der Waals surface area contributed by atoms with Crippen LogP contribution in [0.2, 0.25) is 0 Å². The Labute approximate surface area is 125 Å². The van der Waals surface area contributed by atoms with Crippen LogP contribution in [-0.2, 0) is 6.42 Å². The van der Waals surface area contributed by atoms with Crippen LogP contribution in [0.4, 0.5) is 5.82 Å². The van der Waals surface area contributed by atoms with E-state index in [1.807, 2.05) is 13.1 Å². The first-order valence-electron chi connectivity index (χ1n) is 7.27. The molecule has 1 N–H and O–H groups in total. The van der Waals surface area contributed by atoms with Crippen molar-refractivity contribution < 1.29 is 0 Å². The Balaban J connectivity index is 2.20. The first-order chi connectivity index (χ1) is 10.2. The maximum Gasteiger partial charge on any atom is 0.162 e. The molecule has 0 aliphatic rings. The molecule has 3 rings (SSSR count). The van der Waals surface area contributed by atoms with Gasteiger partial charge in [-0.2, -0.15) is 0 Å². The fourth-order valence-corrected chi connectivity index (χ4v) is 2.50. The molecule has 21 heavy (non-hydrogen) atoms. The molecule has 2 aromatic carbocycles. The molecule has 106 valence electrons. The van der Waals surface area contributed by atoms with Crippen LogP contribution in [0.1, 0.15) is 18.1 Å². The summed E-state index contributed by atoms with van der Waals surface area (Å²) in [6.07, 6.45) is 1.04. The summed E-state index contributed by atoms with van der Waals surface area (Å²) in [7, 11) is 1.90. The van der Waals surface area contributed by atoms with Crippen molar-refractivity contribution in [3.05, 3.63) is 53.6 Å². The molecule has 3 nitrogen and oxygen atoms in total. The lowest BCUT2D eigenvalue weighted by atomic mass is 10.1. The Morgan fingerprint density at radius 3 is 2.43 bits per heavy atom. The van der Waals surface area contributed by atoms with E-state index >= 15 is 0 Å². The highest BCUT2D eigenvalue weighted by Crippen LogP contribution is 2.26. The van der Waals surface area contributed by atoms with Gasteiger partial charge in [0, 0.05) is 18.0 Å². The number of aryl methyl sites for hydroxylation is 2. The lowest BCUT2D eigenvalue weighted by Crippen LogP contribution is -1.99. The SMILES string of the molecule is CCc1ccc(-c2nc(NC)c3cccc(C)c3n2)cc1. The zero-order chi connectivity index (χ0) is 14.8. The van der Waals surface area contributed by atoms with Gasteiger partial charge in [0.1, 0.15) is 5.82 Å². The minimum atomic E-state index is 0.767. The van der Waals surface area contributed by atoms with Crippen LogP contribution in [-0.4, -0.2) is 17.0 Å². The molecule has 1 aromatic heterocycles. The predicted molar refractivity (Wildman–Crippen MR) is 88.6 cm³/mol. The van der Waals surface area contributed by atoms with Gasteiger partial charge in [-0.05, 0) is 30.5 Å². The molecule has 0 aliphatic carbocycles. The maximum absolute atomic E-state index is 4.76. The van der Waals surface area contributed by atoms with Gasteiger partial charge >= 0.3 is 0 Å². The molecule has 3 aromatic rings. The van der Waals surface area contributed by atoms with Gasteiger partial charge in [-0.3, -0.25) is 0 Å². The number of aromatic nitrogens is 2. The van der Waals surface area contributed by atoms with E-state index < -0.39 is 0 Å². The Hall–Kier alpha value is -2.42. The number of para-hydroxylation sites is 1. The number of rotatable bonds is 3. The molecule has 0 atom stereocenters. The summed E-state index contributed by atoms with van der Waals surface area (Å²) in [6, 6.07) is 14.6. The molecule has 0 amide bonds. The van der Waals surface area contributed by atoms with Crippen LogP contribution in [0.25, 0.3) is 22.3 Å². The van der Waals surface area contributed by atoms with Crippen molar-refractivity contribution in [1.82, 2.24) is 9.97 Å². The zero-order valence-corrected chi connectivity index (χ0v) is 12.6. The lowest BCUT2D eigenvalue weighted by Gasteiger charge is -2.10. The van der Waals surface area contributed by atoms with Gasteiger partial charge in [0.25, 0.3) is 0 Å². The second-order valence-electron chi connectivity index (χ2n) is 5.17. The Morgan fingerprint density at radius 1 is 1.00 bits per heavy atom. The average Bonchev–Trinajstić information content (AvgIpc) is 2.54. The molecular weight excluding hydrogens is 258 g/mol. The fraction of sp³-hybridized carbons (Fsp3) is 0.222. The summed E-state index contributed by atoms with van der Waals surface area (Å²) in [5.41, 5.74) is 4.54. The van der Waals surface area contributed by atoms with Crippen LogP contribution >= 0.6 is 0 Å². The monoisotopic (exact) mass is 277 g/mol. The number of anilines is 1. The van der Waals surface area contributed by atoms with E-state index in [0.717, 1.165) is 40.1 Å². The Morgan fingerprint density at radius 2 is 1.76 bits per heavy atom. The molecule has 0 saturated carbocycles. The summed E-state index contributed by atoms with van der Waals surface area (Å²) in [5, 5.41) is 4.24. The van der Waals surface area contributed by atoms with Crippen LogP contribution in [0, 0.1) is 6.92 Å². The number of fused-ring (bicyclic) bond motifs is 1. The summed E-state index contributed by atoms with van der Waals surface area (Å²) < 4.78 is 0. The molecule has 0 unspecified atom stereocenters. The van der Waals surface area contributed by atoms with Crippen molar-refractivity contribution in [3.63, 3.8) is 0 Å². The van der Waals surface area contributed by atoms with Crippen molar-refractivity contribution in [2.75, 3.05) is 12.4 Å². The highest BCUT2D eigenvalue weighted by molar-refractivity contribution is 5.92. The van der Waals surface area contributed by atoms with Crippen molar-refractivity contribution in [2.45, 2.75) is 20.3 Å². The van der Waals surface area contributed by atoms with E-state index in [4.69, 9.17) is 4.98 Å². The Kier molecular flexibility index (Phi) is 3.57. The average molecular weight is 277 g/mol. The van der Waals surface area contributed by atoms with E-state index in [1.54, 1.807) is 0 Å². The van der Waals surface area contributed by atoms with Gasteiger partial charge in [-0.1, -0.05) is 43.3 Å².